The van der Waals surface area contributed by atoms with E-state index in [2.05, 4.69) is 10.4 Å². The van der Waals surface area contributed by atoms with Crippen molar-refractivity contribution in [3.63, 3.8) is 0 Å². The lowest BCUT2D eigenvalue weighted by Crippen LogP contribution is -2.40. The molecule has 2 atom stereocenters. The van der Waals surface area contributed by atoms with Crippen LogP contribution < -0.4 is 11.1 Å². The molecule has 0 bridgehead atoms. The lowest BCUT2D eigenvalue weighted by molar-refractivity contribution is -0.121. The molecule has 2 rings (SSSR count). The predicted molar refractivity (Wildman–Crippen MR) is 66.5 cm³/mol. The van der Waals surface area contributed by atoms with Gasteiger partial charge in [-0.05, 0) is 19.8 Å². The van der Waals surface area contributed by atoms with Gasteiger partial charge in [-0.1, -0.05) is 12.8 Å². The minimum atomic E-state index is -0.0565. The number of amides is 1. The molecular weight excluding hydrogens is 216 g/mol. The molecule has 1 aromatic heterocycles. The van der Waals surface area contributed by atoms with E-state index >= 15 is 0 Å². The maximum atomic E-state index is 12.1. The third-order valence-corrected chi connectivity index (χ3v) is 3.41. The molecule has 5 nitrogen and oxygen atoms in total. The number of nitrogens with zero attached hydrogens (tertiary/aromatic N) is 2. The Labute approximate surface area is 101 Å². The number of rotatable bonds is 2. The zero-order valence-corrected chi connectivity index (χ0v) is 10.4. The summed E-state index contributed by atoms with van der Waals surface area (Å²) in [6.45, 7) is 1.90. The van der Waals surface area contributed by atoms with E-state index in [0.29, 0.717) is 0 Å². The molecule has 0 aromatic carbocycles. The standard InChI is InChI=1S/C12H20N4O/c1-8-7-11(16(2)15-8)14-12(17)9-5-3-4-6-10(9)13/h7,9-10H,3-6,13H2,1-2H3,(H,14,17). The van der Waals surface area contributed by atoms with Crippen LogP contribution in [0.1, 0.15) is 31.4 Å². The number of nitrogens with one attached hydrogen (secondary N) is 1. The fraction of sp³-hybridized carbons (Fsp3) is 0.667. The van der Waals surface area contributed by atoms with Crippen molar-refractivity contribution in [2.75, 3.05) is 5.32 Å². The Balaban J connectivity index is 2.03. The van der Waals surface area contributed by atoms with Crippen molar-refractivity contribution in [2.45, 2.75) is 38.6 Å². The fourth-order valence-corrected chi connectivity index (χ4v) is 2.43. The lowest BCUT2D eigenvalue weighted by Gasteiger charge is -2.27. The van der Waals surface area contributed by atoms with E-state index in [1.807, 2.05) is 20.0 Å². The minimum Gasteiger partial charge on any atom is -0.327 e. The molecule has 94 valence electrons. The Bertz CT molecular complexity index is 413. The summed E-state index contributed by atoms with van der Waals surface area (Å²) in [7, 11) is 1.82. The molecule has 1 aliphatic rings. The van der Waals surface area contributed by atoms with Crippen LogP contribution in [0, 0.1) is 12.8 Å². The topological polar surface area (TPSA) is 72.9 Å². The normalized spacial score (nSPS) is 24.6. The highest BCUT2D eigenvalue weighted by molar-refractivity contribution is 5.92. The number of aromatic nitrogens is 2. The minimum absolute atomic E-state index is 0.00178. The first-order chi connectivity index (χ1) is 8.08. The van der Waals surface area contributed by atoms with Crippen molar-refractivity contribution < 1.29 is 4.79 Å². The first-order valence-electron chi connectivity index (χ1n) is 6.15. The molecule has 17 heavy (non-hydrogen) atoms. The maximum Gasteiger partial charge on any atom is 0.230 e. The van der Waals surface area contributed by atoms with Gasteiger partial charge in [-0.15, -0.1) is 0 Å². The van der Waals surface area contributed by atoms with Crippen LogP contribution in [-0.4, -0.2) is 21.7 Å². The lowest BCUT2D eigenvalue weighted by atomic mass is 9.84. The molecule has 0 spiro atoms. The van der Waals surface area contributed by atoms with E-state index in [1.165, 1.54) is 0 Å². The Kier molecular flexibility index (Phi) is 3.47. The molecule has 0 aliphatic heterocycles. The van der Waals surface area contributed by atoms with Gasteiger partial charge in [0.05, 0.1) is 11.6 Å². The largest absolute Gasteiger partial charge is 0.327 e. The van der Waals surface area contributed by atoms with Gasteiger partial charge >= 0.3 is 0 Å². The predicted octanol–water partition coefficient (Wildman–Crippen LogP) is 1.18. The molecule has 1 heterocycles. The van der Waals surface area contributed by atoms with E-state index in [1.54, 1.807) is 4.68 Å². The average molecular weight is 236 g/mol. The molecular formula is C12H20N4O. The van der Waals surface area contributed by atoms with Gasteiger partial charge < -0.3 is 11.1 Å². The number of hydrogen-bond donors (Lipinski definition) is 2. The van der Waals surface area contributed by atoms with Crippen molar-refractivity contribution in [2.24, 2.45) is 18.7 Å². The first kappa shape index (κ1) is 12.1. The summed E-state index contributed by atoms with van der Waals surface area (Å²) in [6.07, 6.45) is 4.07. The zero-order chi connectivity index (χ0) is 12.4. The first-order valence-corrected chi connectivity index (χ1v) is 6.15. The summed E-state index contributed by atoms with van der Waals surface area (Å²) in [5, 5.41) is 7.11. The second-order valence-corrected chi connectivity index (χ2v) is 4.84. The zero-order valence-electron chi connectivity index (χ0n) is 10.4. The number of anilines is 1. The van der Waals surface area contributed by atoms with Crippen molar-refractivity contribution in [1.29, 1.82) is 0 Å². The Morgan fingerprint density at radius 1 is 1.53 bits per heavy atom. The summed E-state index contributed by atoms with van der Waals surface area (Å²) in [5.41, 5.74) is 6.89. The smallest absolute Gasteiger partial charge is 0.230 e. The van der Waals surface area contributed by atoms with Crippen LogP contribution in [0.5, 0.6) is 0 Å². The van der Waals surface area contributed by atoms with Crippen LogP contribution in [0.2, 0.25) is 0 Å². The second kappa shape index (κ2) is 4.87. The van der Waals surface area contributed by atoms with Gasteiger partial charge in [0.1, 0.15) is 5.82 Å². The molecule has 5 heteroatoms. The molecule has 2 unspecified atom stereocenters. The molecule has 3 N–H and O–H groups in total. The van der Waals surface area contributed by atoms with E-state index in [4.69, 9.17) is 5.73 Å². The van der Waals surface area contributed by atoms with E-state index < -0.39 is 0 Å². The van der Waals surface area contributed by atoms with Crippen LogP contribution in [-0.2, 0) is 11.8 Å². The highest BCUT2D eigenvalue weighted by atomic mass is 16.2. The Morgan fingerprint density at radius 3 is 2.82 bits per heavy atom. The van der Waals surface area contributed by atoms with Crippen LogP contribution >= 0.6 is 0 Å². The summed E-state index contributed by atoms with van der Waals surface area (Å²) in [5.74, 6) is 0.712. The second-order valence-electron chi connectivity index (χ2n) is 4.84. The number of carbonyl (C=O) groups is 1. The van der Waals surface area contributed by atoms with Gasteiger partial charge in [-0.3, -0.25) is 9.48 Å². The number of carbonyl (C=O) groups excluding carboxylic acids is 1. The average Bonchev–Trinajstić information content (AvgIpc) is 2.58. The SMILES string of the molecule is Cc1cc(NC(=O)C2CCCCC2N)n(C)n1. The van der Waals surface area contributed by atoms with Gasteiger partial charge in [0, 0.05) is 19.2 Å². The third kappa shape index (κ3) is 2.66. The summed E-state index contributed by atoms with van der Waals surface area (Å²) in [4.78, 5) is 12.1. The molecule has 1 aromatic rings. The van der Waals surface area contributed by atoms with Crippen molar-refractivity contribution in [3.05, 3.63) is 11.8 Å². The quantitative estimate of drug-likeness (QED) is 0.810. The fourth-order valence-electron chi connectivity index (χ4n) is 2.43. The molecule has 1 aliphatic carbocycles. The number of hydrogen-bond acceptors (Lipinski definition) is 3. The van der Waals surface area contributed by atoms with Crippen molar-refractivity contribution >= 4 is 11.7 Å². The van der Waals surface area contributed by atoms with E-state index in [-0.39, 0.29) is 17.9 Å². The highest BCUT2D eigenvalue weighted by Gasteiger charge is 2.28. The van der Waals surface area contributed by atoms with Gasteiger partial charge in [0.25, 0.3) is 0 Å². The van der Waals surface area contributed by atoms with Crippen molar-refractivity contribution in [1.82, 2.24) is 9.78 Å². The molecule has 0 radical (unpaired) electrons. The van der Waals surface area contributed by atoms with Gasteiger partial charge in [0.15, 0.2) is 0 Å². The molecule has 0 saturated heterocycles. The van der Waals surface area contributed by atoms with Crippen LogP contribution in [0.15, 0.2) is 6.07 Å². The highest BCUT2D eigenvalue weighted by Crippen LogP contribution is 2.24. The van der Waals surface area contributed by atoms with Crippen LogP contribution in [0.4, 0.5) is 5.82 Å². The monoisotopic (exact) mass is 236 g/mol. The van der Waals surface area contributed by atoms with Crippen molar-refractivity contribution in [3.8, 4) is 0 Å². The van der Waals surface area contributed by atoms with E-state index in [9.17, 15) is 4.79 Å². The molecule has 1 amide bonds. The van der Waals surface area contributed by atoms with E-state index in [0.717, 1.165) is 37.2 Å². The molecule has 1 fully saturated rings. The summed E-state index contributed by atoms with van der Waals surface area (Å²) < 4.78 is 1.68. The third-order valence-electron chi connectivity index (χ3n) is 3.41. The number of nitrogens with two attached hydrogens (primary N) is 1. The van der Waals surface area contributed by atoms with Crippen LogP contribution in [0.3, 0.4) is 0 Å². The van der Waals surface area contributed by atoms with Gasteiger partial charge in [0.2, 0.25) is 5.91 Å². The Hall–Kier alpha value is -1.36. The van der Waals surface area contributed by atoms with Gasteiger partial charge in [-0.25, -0.2) is 0 Å². The Morgan fingerprint density at radius 2 is 2.24 bits per heavy atom. The maximum absolute atomic E-state index is 12.1. The number of aryl methyl sites for hydroxylation is 2. The summed E-state index contributed by atoms with van der Waals surface area (Å²) >= 11 is 0. The molecule has 1 saturated carbocycles. The van der Waals surface area contributed by atoms with Crippen LogP contribution in [0.25, 0.3) is 0 Å². The summed E-state index contributed by atoms with van der Waals surface area (Å²) in [6, 6.07) is 1.87. The van der Waals surface area contributed by atoms with Gasteiger partial charge in [-0.2, -0.15) is 5.10 Å².